The first-order chi connectivity index (χ1) is 12.7. The Bertz CT molecular complexity index is 891. The Morgan fingerprint density at radius 3 is 2.69 bits per heavy atom. The van der Waals surface area contributed by atoms with Crippen molar-refractivity contribution in [2.45, 2.75) is 6.61 Å². The van der Waals surface area contributed by atoms with Crippen LogP contribution in [0.5, 0.6) is 11.5 Å². The molecule has 0 saturated heterocycles. The van der Waals surface area contributed by atoms with Crippen molar-refractivity contribution >= 4 is 12.0 Å². The molecule has 0 heterocycles. The van der Waals surface area contributed by atoms with E-state index in [1.807, 2.05) is 6.07 Å². The maximum Gasteiger partial charge on any atom is 0.331 e. The monoisotopic (exact) mass is 348 g/mol. The van der Waals surface area contributed by atoms with Gasteiger partial charge in [0.25, 0.3) is 0 Å². The number of nitriles is 2. The van der Waals surface area contributed by atoms with Crippen molar-refractivity contribution in [1.82, 2.24) is 0 Å². The number of carbonyl (C=O) groups excluding carboxylic acids is 1. The molecule has 0 amide bonds. The first-order valence-electron chi connectivity index (χ1n) is 7.68. The summed E-state index contributed by atoms with van der Waals surface area (Å²) in [4.78, 5) is 11.9. The number of benzene rings is 2. The van der Waals surface area contributed by atoms with E-state index in [2.05, 4.69) is 6.07 Å². The van der Waals surface area contributed by atoms with Crippen LogP contribution in [0.4, 0.5) is 0 Å². The summed E-state index contributed by atoms with van der Waals surface area (Å²) in [6, 6.07) is 15.9. The number of hydrogen-bond donors (Lipinski definition) is 0. The highest BCUT2D eigenvalue weighted by molar-refractivity contribution is 5.87. The standard InChI is InChI=1S/C20H16N2O4/c1-24-19-12-15(6-8-18(19)25-11-10-21)7-9-20(23)26-14-17-5-3-2-4-16(17)13-22/h2-9,12H,11,14H2,1H3/b9-7+. The number of ether oxygens (including phenoxy) is 3. The van der Waals surface area contributed by atoms with Gasteiger partial charge < -0.3 is 14.2 Å². The van der Waals surface area contributed by atoms with Crippen molar-refractivity contribution in [2.24, 2.45) is 0 Å². The lowest BCUT2D eigenvalue weighted by molar-refractivity contribution is -0.138. The highest BCUT2D eigenvalue weighted by Crippen LogP contribution is 2.28. The summed E-state index contributed by atoms with van der Waals surface area (Å²) in [5, 5.41) is 17.6. The molecule has 0 bridgehead atoms. The molecule has 0 fully saturated rings. The van der Waals surface area contributed by atoms with Gasteiger partial charge in [-0.25, -0.2) is 4.79 Å². The van der Waals surface area contributed by atoms with Crippen LogP contribution in [0.25, 0.3) is 6.08 Å². The Kier molecular flexibility index (Phi) is 6.79. The summed E-state index contributed by atoms with van der Waals surface area (Å²) in [6.45, 7) is -0.0563. The quantitative estimate of drug-likeness (QED) is 0.563. The van der Waals surface area contributed by atoms with Crippen molar-refractivity contribution < 1.29 is 19.0 Å². The van der Waals surface area contributed by atoms with Gasteiger partial charge in [0.2, 0.25) is 0 Å². The van der Waals surface area contributed by atoms with E-state index in [1.54, 1.807) is 48.5 Å². The normalized spacial score (nSPS) is 9.96. The largest absolute Gasteiger partial charge is 0.493 e. The summed E-state index contributed by atoms with van der Waals surface area (Å²) < 4.78 is 15.6. The van der Waals surface area contributed by atoms with Gasteiger partial charge in [0.05, 0.1) is 18.7 Å². The lowest BCUT2D eigenvalue weighted by atomic mass is 10.1. The van der Waals surface area contributed by atoms with Crippen molar-refractivity contribution in [1.29, 1.82) is 10.5 Å². The fourth-order valence-corrected chi connectivity index (χ4v) is 2.13. The molecular formula is C20H16N2O4. The van der Waals surface area contributed by atoms with Crippen molar-refractivity contribution in [2.75, 3.05) is 13.7 Å². The molecule has 26 heavy (non-hydrogen) atoms. The number of rotatable bonds is 7. The number of nitrogens with zero attached hydrogens (tertiary/aromatic N) is 2. The van der Waals surface area contributed by atoms with Crippen LogP contribution in [0.3, 0.4) is 0 Å². The molecule has 0 radical (unpaired) electrons. The van der Waals surface area contributed by atoms with Crippen LogP contribution in [-0.2, 0) is 16.1 Å². The lowest BCUT2D eigenvalue weighted by Crippen LogP contribution is -2.02. The van der Waals surface area contributed by atoms with Crippen LogP contribution in [0.1, 0.15) is 16.7 Å². The third-order valence-corrected chi connectivity index (χ3v) is 3.40. The second-order valence-electron chi connectivity index (χ2n) is 5.07. The molecule has 0 saturated carbocycles. The van der Waals surface area contributed by atoms with Crippen LogP contribution in [-0.4, -0.2) is 19.7 Å². The predicted octanol–water partition coefficient (Wildman–Crippen LogP) is 3.23. The third-order valence-electron chi connectivity index (χ3n) is 3.40. The molecule has 2 aromatic carbocycles. The molecule has 6 nitrogen and oxygen atoms in total. The first-order valence-corrected chi connectivity index (χ1v) is 7.68. The lowest BCUT2D eigenvalue weighted by Gasteiger charge is -2.08. The molecule has 0 aliphatic carbocycles. The van der Waals surface area contributed by atoms with E-state index in [0.717, 1.165) is 0 Å². The molecule has 130 valence electrons. The Labute approximate surface area is 151 Å². The molecule has 0 aliphatic heterocycles. The second-order valence-corrected chi connectivity index (χ2v) is 5.07. The molecule has 2 rings (SSSR count). The van der Waals surface area contributed by atoms with Gasteiger partial charge in [0.1, 0.15) is 12.7 Å². The maximum atomic E-state index is 11.9. The highest BCUT2D eigenvalue weighted by Gasteiger charge is 2.06. The van der Waals surface area contributed by atoms with Gasteiger partial charge in [-0.15, -0.1) is 0 Å². The molecule has 0 N–H and O–H groups in total. The number of hydrogen-bond acceptors (Lipinski definition) is 6. The summed E-state index contributed by atoms with van der Waals surface area (Å²) in [6.07, 6.45) is 2.87. The highest BCUT2D eigenvalue weighted by atomic mass is 16.5. The average molecular weight is 348 g/mol. The smallest absolute Gasteiger partial charge is 0.331 e. The number of methoxy groups -OCH3 is 1. The van der Waals surface area contributed by atoms with E-state index < -0.39 is 5.97 Å². The zero-order chi connectivity index (χ0) is 18.8. The summed E-state index contributed by atoms with van der Waals surface area (Å²) in [5.74, 6) is 0.377. The SMILES string of the molecule is COc1cc(/C=C/C(=O)OCc2ccccc2C#N)ccc1OCC#N. The molecular weight excluding hydrogens is 332 g/mol. The minimum absolute atomic E-state index is 0.0250. The molecule has 2 aromatic rings. The van der Waals surface area contributed by atoms with Gasteiger partial charge in [-0.2, -0.15) is 10.5 Å². The van der Waals surface area contributed by atoms with Crippen LogP contribution in [0.15, 0.2) is 48.5 Å². The number of esters is 1. The van der Waals surface area contributed by atoms with Gasteiger partial charge in [-0.1, -0.05) is 24.3 Å². The summed E-state index contributed by atoms with van der Waals surface area (Å²) in [7, 11) is 1.49. The summed E-state index contributed by atoms with van der Waals surface area (Å²) >= 11 is 0. The maximum absolute atomic E-state index is 11.9. The van der Waals surface area contributed by atoms with Crippen LogP contribution >= 0.6 is 0 Å². The number of carbonyl (C=O) groups is 1. The van der Waals surface area contributed by atoms with Crippen molar-refractivity contribution in [3.8, 4) is 23.6 Å². The Balaban J connectivity index is 1.99. The van der Waals surface area contributed by atoms with Crippen LogP contribution in [0.2, 0.25) is 0 Å². The van der Waals surface area contributed by atoms with E-state index >= 15 is 0 Å². The van der Waals surface area contributed by atoms with Gasteiger partial charge >= 0.3 is 5.97 Å². The zero-order valence-electron chi connectivity index (χ0n) is 14.1. The molecule has 0 aliphatic rings. The van der Waals surface area contributed by atoms with E-state index in [1.165, 1.54) is 13.2 Å². The fourth-order valence-electron chi connectivity index (χ4n) is 2.13. The Hall–Kier alpha value is -3.77. The molecule has 0 atom stereocenters. The van der Waals surface area contributed by atoms with Crippen molar-refractivity contribution in [3.05, 3.63) is 65.2 Å². The topological polar surface area (TPSA) is 92.3 Å². The third kappa shape index (κ3) is 5.12. The minimum Gasteiger partial charge on any atom is -0.493 e. The van der Waals surface area contributed by atoms with Crippen LogP contribution < -0.4 is 9.47 Å². The van der Waals surface area contributed by atoms with Crippen LogP contribution in [0, 0.1) is 22.7 Å². The van der Waals surface area contributed by atoms with Gasteiger partial charge in [-0.3, -0.25) is 0 Å². The van der Waals surface area contributed by atoms with Crippen molar-refractivity contribution in [3.63, 3.8) is 0 Å². The zero-order valence-corrected chi connectivity index (χ0v) is 14.1. The average Bonchev–Trinajstić information content (AvgIpc) is 2.69. The molecule has 0 aromatic heterocycles. The van der Waals surface area contributed by atoms with E-state index in [4.69, 9.17) is 24.7 Å². The van der Waals surface area contributed by atoms with Gasteiger partial charge in [0.15, 0.2) is 18.1 Å². The molecule has 0 spiro atoms. The van der Waals surface area contributed by atoms with Gasteiger partial charge in [-0.05, 0) is 29.8 Å². The van der Waals surface area contributed by atoms with E-state index in [-0.39, 0.29) is 13.2 Å². The molecule has 6 heteroatoms. The van der Waals surface area contributed by atoms with Gasteiger partial charge in [0, 0.05) is 11.6 Å². The minimum atomic E-state index is -0.526. The predicted molar refractivity (Wildman–Crippen MR) is 94.1 cm³/mol. The molecule has 0 unspecified atom stereocenters. The second kappa shape index (κ2) is 9.51. The Morgan fingerprint density at radius 1 is 1.15 bits per heavy atom. The Morgan fingerprint density at radius 2 is 1.96 bits per heavy atom. The van der Waals surface area contributed by atoms with E-state index in [0.29, 0.717) is 28.2 Å². The summed E-state index contributed by atoms with van der Waals surface area (Å²) in [5.41, 5.74) is 1.83. The first kappa shape index (κ1) is 18.6. The van der Waals surface area contributed by atoms with E-state index in [9.17, 15) is 4.79 Å². The fraction of sp³-hybridized carbons (Fsp3) is 0.150.